The molecule has 98 valence electrons. The molecule has 0 bridgehead atoms. The van der Waals surface area contributed by atoms with Gasteiger partial charge in [0.05, 0.1) is 0 Å². The van der Waals surface area contributed by atoms with E-state index in [1.807, 2.05) is 50.2 Å². The molecule has 19 heavy (non-hydrogen) atoms. The standard InChI is InChI=1S/C16H18N2O/c1-3-13(10-17)19-16-14(11(2)18)9-8-12-6-4-5-7-15(12)16/h4-9,11,13H,3,18H2,1-2H3. The Labute approximate surface area is 113 Å². The summed E-state index contributed by atoms with van der Waals surface area (Å²) in [4.78, 5) is 0. The maximum Gasteiger partial charge on any atom is 0.184 e. The molecule has 2 N–H and O–H groups in total. The van der Waals surface area contributed by atoms with E-state index >= 15 is 0 Å². The highest BCUT2D eigenvalue weighted by Gasteiger charge is 2.15. The van der Waals surface area contributed by atoms with Crippen molar-refractivity contribution >= 4 is 10.8 Å². The molecule has 2 aromatic carbocycles. The van der Waals surface area contributed by atoms with Crippen LogP contribution in [-0.4, -0.2) is 6.10 Å². The van der Waals surface area contributed by atoms with Gasteiger partial charge in [0.15, 0.2) is 6.10 Å². The summed E-state index contributed by atoms with van der Waals surface area (Å²) in [7, 11) is 0. The minimum absolute atomic E-state index is 0.129. The van der Waals surface area contributed by atoms with E-state index in [4.69, 9.17) is 15.7 Å². The van der Waals surface area contributed by atoms with Crippen LogP contribution in [0.3, 0.4) is 0 Å². The maximum atomic E-state index is 9.08. The Hall–Kier alpha value is -2.05. The molecular weight excluding hydrogens is 236 g/mol. The smallest absolute Gasteiger partial charge is 0.184 e. The highest BCUT2D eigenvalue weighted by atomic mass is 16.5. The summed E-state index contributed by atoms with van der Waals surface area (Å²) < 4.78 is 5.88. The largest absolute Gasteiger partial charge is 0.475 e. The lowest BCUT2D eigenvalue weighted by atomic mass is 10.0. The third kappa shape index (κ3) is 2.69. The molecule has 0 fully saturated rings. The van der Waals surface area contributed by atoms with Crippen LogP contribution >= 0.6 is 0 Å². The zero-order valence-electron chi connectivity index (χ0n) is 11.3. The molecule has 0 heterocycles. The van der Waals surface area contributed by atoms with Gasteiger partial charge in [-0.2, -0.15) is 5.26 Å². The number of nitrogens with two attached hydrogens (primary N) is 1. The molecule has 0 spiro atoms. The van der Waals surface area contributed by atoms with Crippen molar-refractivity contribution in [2.75, 3.05) is 0 Å². The minimum Gasteiger partial charge on any atom is -0.475 e. The quantitative estimate of drug-likeness (QED) is 0.907. The molecule has 0 amide bonds. The van der Waals surface area contributed by atoms with E-state index in [0.717, 1.165) is 22.1 Å². The SMILES string of the molecule is CCC(C#N)Oc1c(C(C)N)ccc2ccccc12. The lowest BCUT2D eigenvalue weighted by Crippen LogP contribution is -2.16. The van der Waals surface area contributed by atoms with Gasteiger partial charge >= 0.3 is 0 Å². The molecule has 2 atom stereocenters. The second kappa shape index (κ2) is 5.73. The Kier molecular flexibility index (Phi) is 4.03. The van der Waals surface area contributed by atoms with Crippen LogP contribution in [0.15, 0.2) is 36.4 Å². The van der Waals surface area contributed by atoms with Crippen LogP contribution in [0.2, 0.25) is 0 Å². The van der Waals surface area contributed by atoms with Crippen LogP contribution in [0.4, 0.5) is 0 Å². The fourth-order valence-electron chi connectivity index (χ4n) is 2.09. The third-order valence-corrected chi connectivity index (χ3v) is 3.18. The molecule has 2 rings (SSSR count). The van der Waals surface area contributed by atoms with Gasteiger partial charge in [0.2, 0.25) is 0 Å². The summed E-state index contributed by atoms with van der Waals surface area (Å²) in [6.07, 6.45) is 0.210. The molecule has 3 heteroatoms. The first-order chi connectivity index (χ1) is 9.17. The highest BCUT2D eigenvalue weighted by Crippen LogP contribution is 2.33. The van der Waals surface area contributed by atoms with Crippen molar-refractivity contribution in [3.8, 4) is 11.8 Å². The molecule has 0 saturated heterocycles. The molecule has 3 nitrogen and oxygen atoms in total. The van der Waals surface area contributed by atoms with E-state index in [9.17, 15) is 0 Å². The first kappa shape index (κ1) is 13.4. The highest BCUT2D eigenvalue weighted by molar-refractivity contribution is 5.89. The number of fused-ring (bicyclic) bond motifs is 1. The molecule has 2 unspecified atom stereocenters. The van der Waals surface area contributed by atoms with E-state index in [1.54, 1.807) is 0 Å². The van der Waals surface area contributed by atoms with Gasteiger partial charge in [-0.15, -0.1) is 0 Å². The van der Waals surface area contributed by atoms with E-state index < -0.39 is 6.10 Å². The minimum atomic E-state index is -0.441. The van der Waals surface area contributed by atoms with Gasteiger partial charge in [-0.3, -0.25) is 0 Å². The molecule has 0 radical (unpaired) electrons. The zero-order chi connectivity index (χ0) is 13.8. The van der Waals surface area contributed by atoms with Gasteiger partial charge in [0.25, 0.3) is 0 Å². The average Bonchev–Trinajstić information content (AvgIpc) is 2.44. The van der Waals surface area contributed by atoms with Crippen LogP contribution in [-0.2, 0) is 0 Å². The monoisotopic (exact) mass is 254 g/mol. The van der Waals surface area contributed by atoms with Gasteiger partial charge in [-0.05, 0) is 18.7 Å². The average molecular weight is 254 g/mol. The summed E-state index contributed by atoms with van der Waals surface area (Å²) >= 11 is 0. The number of hydrogen-bond acceptors (Lipinski definition) is 3. The Balaban J connectivity index is 2.59. The predicted octanol–water partition coefficient (Wildman–Crippen LogP) is 3.54. The van der Waals surface area contributed by atoms with Crippen LogP contribution < -0.4 is 10.5 Å². The Morgan fingerprint density at radius 2 is 2.00 bits per heavy atom. The van der Waals surface area contributed by atoms with Gasteiger partial charge in [0.1, 0.15) is 11.8 Å². The third-order valence-electron chi connectivity index (χ3n) is 3.18. The number of nitriles is 1. The fraction of sp³-hybridized carbons (Fsp3) is 0.312. The second-order valence-electron chi connectivity index (χ2n) is 4.64. The summed E-state index contributed by atoms with van der Waals surface area (Å²) in [6, 6.07) is 14.0. The van der Waals surface area contributed by atoms with Crippen molar-refractivity contribution in [2.45, 2.75) is 32.4 Å². The van der Waals surface area contributed by atoms with E-state index in [2.05, 4.69) is 6.07 Å². The van der Waals surface area contributed by atoms with Crippen molar-refractivity contribution in [3.05, 3.63) is 42.0 Å². The molecular formula is C16H18N2O. The topological polar surface area (TPSA) is 59.0 Å². The summed E-state index contributed by atoms with van der Waals surface area (Å²) in [6.45, 7) is 3.86. The molecule has 0 aromatic heterocycles. The molecule has 0 aliphatic heterocycles. The Morgan fingerprint density at radius 3 is 2.63 bits per heavy atom. The van der Waals surface area contributed by atoms with Gasteiger partial charge < -0.3 is 10.5 Å². The van der Waals surface area contributed by atoms with Crippen LogP contribution in [0.5, 0.6) is 5.75 Å². The van der Waals surface area contributed by atoms with Gasteiger partial charge in [-0.1, -0.05) is 43.3 Å². The van der Waals surface area contributed by atoms with E-state index in [-0.39, 0.29) is 6.04 Å². The number of ether oxygens (including phenoxy) is 1. The maximum absolute atomic E-state index is 9.08. The van der Waals surface area contributed by atoms with Crippen LogP contribution in [0, 0.1) is 11.3 Å². The predicted molar refractivity (Wildman–Crippen MR) is 76.9 cm³/mol. The first-order valence-corrected chi connectivity index (χ1v) is 6.50. The summed E-state index contributed by atoms with van der Waals surface area (Å²) in [5.41, 5.74) is 6.94. The van der Waals surface area contributed by atoms with Crippen LogP contribution in [0.1, 0.15) is 31.9 Å². The van der Waals surface area contributed by atoms with Gasteiger partial charge in [-0.25, -0.2) is 0 Å². The van der Waals surface area contributed by atoms with Crippen LogP contribution in [0.25, 0.3) is 10.8 Å². The summed E-state index contributed by atoms with van der Waals surface area (Å²) in [5.74, 6) is 0.738. The normalized spacial score (nSPS) is 13.8. The number of hydrogen-bond donors (Lipinski definition) is 1. The fourth-order valence-corrected chi connectivity index (χ4v) is 2.09. The second-order valence-corrected chi connectivity index (χ2v) is 4.64. The van der Waals surface area contributed by atoms with Crippen molar-refractivity contribution in [2.24, 2.45) is 5.73 Å². The summed E-state index contributed by atoms with van der Waals surface area (Å²) in [5, 5.41) is 11.2. The lowest BCUT2D eigenvalue weighted by Gasteiger charge is -2.18. The Morgan fingerprint density at radius 1 is 1.26 bits per heavy atom. The molecule has 0 aliphatic rings. The van der Waals surface area contributed by atoms with E-state index in [1.165, 1.54) is 0 Å². The molecule has 0 aliphatic carbocycles. The van der Waals surface area contributed by atoms with Crippen molar-refractivity contribution in [1.29, 1.82) is 5.26 Å². The van der Waals surface area contributed by atoms with Gasteiger partial charge in [0, 0.05) is 17.0 Å². The molecule has 2 aromatic rings. The molecule has 0 saturated carbocycles. The zero-order valence-corrected chi connectivity index (χ0v) is 11.3. The van der Waals surface area contributed by atoms with E-state index in [0.29, 0.717) is 6.42 Å². The number of benzene rings is 2. The Bertz CT molecular complexity index is 614. The van der Waals surface area contributed by atoms with Crippen molar-refractivity contribution in [3.63, 3.8) is 0 Å². The first-order valence-electron chi connectivity index (χ1n) is 6.50. The lowest BCUT2D eigenvalue weighted by molar-refractivity contribution is 0.251. The van der Waals surface area contributed by atoms with Crippen molar-refractivity contribution < 1.29 is 4.74 Å². The number of rotatable bonds is 4. The number of nitrogens with zero attached hydrogens (tertiary/aromatic N) is 1. The van der Waals surface area contributed by atoms with Crippen molar-refractivity contribution in [1.82, 2.24) is 0 Å².